The SMILES string of the molecule is C[N+]1(CCCCS(=O)(=O)[O-])CCCC1.C[N+]1=C(/C=C/c2cc([N+](=O)[O-])ccc2O)C(C)(C)c2ccccc21. The lowest BCUT2D eigenvalue weighted by Gasteiger charge is -2.29. The maximum atomic E-state index is 10.9. The van der Waals surface area contributed by atoms with E-state index in [4.69, 9.17) is 0 Å². The first-order valence-corrected chi connectivity index (χ1v) is 14.4. The van der Waals surface area contributed by atoms with Crippen molar-refractivity contribution in [2.24, 2.45) is 0 Å². The van der Waals surface area contributed by atoms with Crippen LogP contribution in [0.25, 0.3) is 6.08 Å². The predicted octanol–water partition coefficient (Wildman–Crippen LogP) is 4.57. The molecular formula is C28H38N3O6S+. The Morgan fingerprint density at radius 3 is 2.37 bits per heavy atom. The summed E-state index contributed by atoms with van der Waals surface area (Å²) in [7, 11) is 0.211. The van der Waals surface area contributed by atoms with Crippen LogP contribution in [0.1, 0.15) is 50.7 Å². The van der Waals surface area contributed by atoms with E-state index < -0.39 is 15.0 Å². The van der Waals surface area contributed by atoms with Crippen LogP contribution in [-0.2, 0) is 15.5 Å². The van der Waals surface area contributed by atoms with Crippen LogP contribution in [0.3, 0.4) is 0 Å². The lowest BCUT2D eigenvalue weighted by atomic mass is 9.81. The van der Waals surface area contributed by atoms with E-state index in [9.17, 15) is 28.2 Å². The van der Waals surface area contributed by atoms with E-state index in [2.05, 4.69) is 37.6 Å². The van der Waals surface area contributed by atoms with E-state index >= 15 is 0 Å². The van der Waals surface area contributed by atoms with E-state index in [1.807, 2.05) is 25.3 Å². The molecule has 9 nitrogen and oxygen atoms in total. The van der Waals surface area contributed by atoms with Gasteiger partial charge in [0.05, 0.1) is 47.1 Å². The molecule has 0 amide bonds. The molecule has 1 N–H and O–H groups in total. The number of unbranched alkanes of at least 4 members (excludes halogenated alkanes) is 1. The van der Waals surface area contributed by atoms with Crippen LogP contribution in [0.15, 0.2) is 48.5 Å². The van der Waals surface area contributed by atoms with Crippen LogP contribution in [0.4, 0.5) is 11.4 Å². The molecule has 4 rings (SSSR count). The summed E-state index contributed by atoms with van der Waals surface area (Å²) in [5.41, 5.74) is 3.64. The smallest absolute Gasteiger partial charge is 0.270 e. The summed E-state index contributed by atoms with van der Waals surface area (Å²) < 4.78 is 34.2. The van der Waals surface area contributed by atoms with Gasteiger partial charge in [-0.05, 0) is 38.8 Å². The molecule has 2 aliphatic rings. The molecule has 0 bridgehead atoms. The van der Waals surface area contributed by atoms with Crippen molar-refractivity contribution in [1.29, 1.82) is 0 Å². The number of hydrogen-bond acceptors (Lipinski definition) is 6. The Morgan fingerprint density at radius 1 is 1.11 bits per heavy atom. The lowest BCUT2D eigenvalue weighted by Crippen LogP contribution is -2.41. The quantitative estimate of drug-likeness (QED) is 0.130. The summed E-state index contributed by atoms with van der Waals surface area (Å²) in [6.45, 7) is 7.69. The first-order chi connectivity index (χ1) is 17.7. The van der Waals surface area contributed by atoms with Gasteiger partial charge in [-0.1, -0.05) is 18.2 Å². The third-order valence-corrected chi connectivity index (χ3v) is 8.36. The molecule has 2 aliphatic heterocycles. The van der Waals surface area contributed by atoms with Gasteiger partial charge >= 0.3 is 0 Å². The molecule has 0 aliphatic carbocycles. The third-order valence-electron chi connectivity index (χ3n) is 7.57. The van der Waals surface area contributed by atoms with E-state index in [-0.39, 0.29) is 22.6 Å². The zero-order valence-corrected chi connectivity index (χ0v) is 23.4. The topological polar surface area (TPSA) is 124 Å². The number of quaternary nitrogens is 1. The Hall–Kier alpha value is -3.08. The summed E-state index contributed by atoms with van der Waals surface area (Å²) in [6.07, 6.45) is 7.55. The van der Waals surface area contributed by atoms with Crippen molar-refractivity contribution in [3.63, 3.8) is 0 Å². The van der Waals surface area contributed by atoms with Gasteiger partial charge in [-0.15, -0.1) is 0 Å². The number of allylic oxidation sites excluding steroid dienone is 1. The molecule has 0 aromatic heterocycles. The number of para-hydroxylation sites is 1. The van der Waals surface area contributed by atoms with Crippen molar-refractivity contribution in [1.82, 2.24) is 0 Å². The fraction of sp³-hybridized carbons (Fsp3) is 0.464. The van der Waals surface area contributed by atoms with Crippen LogP contribution in [0, 0.1) is 10.1 Å². The van der Waals surface area contributed by atoms with Gasteiger partial charge in [0, 0.05) is 54.0 Å². The van der Waals surface area contributed by atoms with Crippen LogP contribution in [-0.4, -0.2) is 77.3 Å². The second-order valence-corrected chi connectivity index (χ2v) is 12.4. The highest BCUT2D eigenvalue weighted by Crippen LogP contribution is 2.39. The maximum absolute atomic E-state index is 10.9. The first-order valence-electron chi connectivity index (χ1n) is 12.9. The summed E-state index contributed by atoms with van der Waals surface area (Å²) in [5, 5.41) is 20.9. The van der Waals surface area contributed by atoms with E-state index in [0.29, 0.717) is 12.0 Å². The highest BCUT2D eigenvalue weighted by atomic mass is 32.2. The molecule has 0 saturated carbocycles. The van der Waals surface area contributed by atoms with Gasteiger partial charge in [-0.2, -0.15) is 4.58 Å². The van der Waals surface area contributed by atoms with Gasteiger partial charge in [-0.25, -0.2) is 8.42 Å². The Labute approximate surface area is 225 Å². The van der Waals surface area contributed by atoms with Crippen molar-refractivity contribution in [2.45, 2.75) is 44.9 Å². The number of phenols is 1. The Morgan fingerprint density at radius 2 is 1.76 bits per heavy atom. The minimum absolute atomic E-state index is 0.0217. The molecule has 0 spiro atoms. The van der Waals surface area contributed by atoms with Crippen LogP contribution in [0.2, 0.25) is 0 Å². The van der Waals surface area contributed by atoms with Crippen LogP contribution < -0.4 is 0 Å². The highest BCUT2D eigenvalue weighted by molar-refractivity contribution is 7.85. The van der Waals surface area contributed by atoms with Crippen molar-refractivity contribution < 1.29 is 32.1 Å². The molecule has 1 fully saturated rings. The molecule has 10 heteroatoms. The number of aromatic hydroxyl groups is 1. The number of benzene rings is 2. The molecular weight excluding hydrogens is 506 g/mol. The number of rotatable bonds is 8. The van der Waals surface area contributed by atoms with Gasteiger partial charge in [-0.3, -0.25) is 10.1 Å². The van der Waals surface area contributed by atoms with Crippen LogP contribution in [0.5, 0.6) is 5.75 Å². The molecule has 2 heterocycles. The van der Waals surface area contributed by atoms with Crippen molar-refractivity contribution in [3.8, 4) is 5.75 Å². The fourth-order valence-corrected chi connectivity index (χ4v) is 5.91. The molecule has 38 heavy (non-hydrogen) atoms. The third kappa shape index (κ3) is 7.27. The van der Waals surface area contributed by atoms with Crippen molar-refractivity contribution in [2.75, 3.05) is 39.5 Å². The van der Waals surface area contributed by atoms with Gasteiger partial charge in [0.15, 0.2) is 5.71 Å². The Balaban J connectivity index is 0.000000244. The maximum Gasteiger partial charge on any atom is 0.270 e. The molecule has 1 saturated heterocycles. The summed E-state index contributed by atoms with van der Waals surface area (Å²) in [4.78, 5) is 10.4. The highest BCUT2D eigenvalue weighted by Gasteiger charge is 2.42. The minimum atomic E-state index is -4.00. The molecule has 0 atom stereocenters. The summed E-state index contributed by atoms with van der Waals surface area (Å²) in [6, 6.07) is 12.2. The summed E-state index contributed by atoms with van der Waals surface area (Å²) >= 11 is 0. The standard InChI is InChI=1S/C19H18N2O3.C9H19NO3S/c1-19(2)15-6-4-5-7-16(15)20(3)18(19)11-8-13-12-14(21(23)24)9-10-17(13)22;1-10(6-2-3-7-10)8-4-5-9-14(11,12)13/h4-12H,1-3H3;2-9H2,1H3/p+1. The number of likely N-dealkylation sites (tertiary alicyclic amines) is 1. The average molecular weight is 545 g/mol. The monoisotopic (exact) mass is 544 g/mol. The van der Waals surface area contributed by atoms with Gasteiger partial charge < -0.3 is 14.1 Å². The van der Waals surface area contributed by atoms with Gasteiger partial charge in [0.1, 0.15) is 12.8 Å². The summed E-state index contributed by atoms with van der Waals surface area (Å²) in [5.74, 6) is -0.180. The first kappa shape index (κ1) is 29.5. The fourth-order valence-electron chi connectivity index (χ4n) is 5.35. The van der Waals surface area contributed by atoms with E-state index in [1.54, 1.807) is 6.08 Å². The van der Waals surface area contributed by atoms with Gasteiger partial charge in [0.25, 0.3) is 5.69 Å². The number of nitro groups is 1. The average Bonchev–Trinajstić information content (AvgIpc) is 3.36. The molecule has 0 unspecified atom stereocenters. The number of non-ortho nitro benzene ring substituents is 1. The van der Waals surface area contributed by atoms with E-state index in [0.717, 1.165) is 28.8 Å². The number of nitro benzene ring substituents is 1. The molecule has 206 valence electrons. The van der Waals surface area contributed by atoms with Crippen LogP contribution >= 0.6 is 0 Å². The molecule has 2 aromatic carbocycles. The number of phenolic OH excluding ortho intramolecular Hbond substituents is 1. The zero-order valence-electron chi connectivity index (χ0n) is 22.6. The second kappa shape index (κ2) is 11.8. The lowest BCUT2D eigenvalue weighted by molar-refractivity contribution is -0.897. The normalized spacial score (nSPS) is 17.8. The number of nitrogens with zero attached hydrogens (tertiary/aromatic N) is 3. The van der Waals surface area contributed by atoms with E-state index in [1.165, 1.54) is 49.7 Å². The predicted molar refractivity (Wildman–Crippen MR) is 148 cm³/mol. The number of hydrogen-bond donors (Lipinski definition) is 1. The number of fused-ring (bicyclic) bond motifs is 1. The second-order valence-electron chi connectivity index (χ2n) is 10.9. The Kier molecular flexibility index (Phi) is 9.12. The molecule has 2 aromatic rings. The minimum Gasteiger partial charge on any atom is -0.748 e. The van der Waals surface area contributed by atoms with Crippen molar-refractivity contribution >= 4 is 33.3 Å². The Bertz CT molecular complexity index is 1340. The largest absolute Gasteiger partial charge is 0.748 e. The molecule has 0 radical (unpaired) electrons. The van der Waals surface area contributed by atoms with Crippen molar-refractivity contribution in [3.05, 3.63) is 69.8 Å². The van der Waals surface area contributed by atoms with Gasteiger partial charge in [0.2, 0.25) is 5.69 Å². The zero-order chi connectivity index (χ0) is 28.1.